The summed E-state index contributed by atoms with van der Waals surface area (Å²) in [6.07, 6.45) is 4.45. The SMILES string of the molecule is O=[N+]([O-])c1ccc(Oc2ccc(CN[C@H]3CC[C@H](NCc4ccc(Oc5ccc([N+](=O)[O-])cc5)cc4)CC3)cc2)cc1. The average Bonchev–Trinajstić information content (AvgIpc) is 3.01. The van der Waals surface area contributed by atoms with Crippen LogP contribution in [-0.2, 0) is 13.1 Å². The van der Waals surface area contributed by atoms with Crippen molar-refractivity contribution in [3.63, 3.8) is 0 Å². The molecule has 0 radical (unpaired) electrons. The number of nitrogens with zero attached hydrogens (tertiary/aromatic N) is 2. The van der Waals surface area contributed by atoms with Crippen LogP contribution in [0.25, 0.3) is 0 Å². The predicted molar refractivity (Wildman–Crippen MR) is 159 cm³/mol. The van der Waals surface area contributed by atoms with Crippen molar-refractivity contribution in [2.45, 2.75) is 50.9 Å². The summed E-state index contributed by atoms with van der Waals surface area (Å²) in [6, 6.07) is 28.8. The van der Waals surface area contributed by atoms with Crippen LogP contribution in [0.3, 0.4) is 0 Å². The number of benzene rings is 4. The first-order valence-electron chi connectivity index (χ1n) is 13.9. The van der Waals surface area contributed by atoms with Gasteiger partial charge in [0, 0.05) is 49.4 Å². The molecule has 4 aromatic carbocycles. The molecule has 0 amide bonds. The number of nitro groups is 2. The number of nitrogens with one attached hydrogen (secondary N) is 2. The highest BCUT2D eigenvalue weighted by molar-refractivity contribution is 5.40. The van der Waals surface area contributed by atoms with Gasteiger partial charge in [0.25, 0.3) is 11.4 Å². The lowest BCUT2D eigenvalue weighted by Crippen LogP contribution is -2.39. The molecule has 1 saturated carbocycles. The van der Waals surface area contributed by atoms with E-state index in [1.807, 2.05) is 48.5 Å². The molecule has 1 fully saturated rings. The Bertz CT molecular complexity index is 1350. The Balaban J connectivity index is 0.992. The number of rotatable bonds is 12. The lowest BCUT2D eigenvalue weighted by molar-refractivity contribution is -0.385. The highest BCUT2D eigenvalue weighted by atomic mass is 16.6. The maximum absolute atomic E-state index is 10.8. The van der Waals surface area contributed by atoms with E-state index in [2.05, 4.69) is 10.6 Å². The molecule has 0 aromatic heterocycles. The fraction of sp³-hybridized carbons (Fsp3) is 0.250. The molecule has 0 spiro atoms. The third kappa shape index (κ3) is 8.12. The minimum absolute atomic E-state index is 0.0360. The number of hydrogen-bond acceptors (Lipinski definition) is 8. The fourth-order valence-corrected chi connectivity index (χ4v) is 4.92. The van der Waals surface area contributed by atoms with Gasteiger partial charge in [-0.1, -0.05) is 24.3 Å². The van der Waals surface area contributed by atoms with Gasteiger partial charge in [-0.2, -0.15) is 0 Å². The zero-order valence-corrected chi connectivity index (χ0v) is 23.0. The van der Waals surface area contributed by atoms with Crippen molar-refractivity contribution in [1.29, 1.82) is 0 Å². The van der Waals surface area contributed by atoms with E-state index < -0.39 is 9.85 Å². The van der Waals surface area contributed by atoms with E-state index in [0.717, 1.165) is 38.8 Å². The van der Waals surface area contributed by atoms with E-state index in [9.17, 15) is 20.2 Å². The van der Waals surface area contributed by atoms with Crippen LogP contribution in [0.5, 0.6) is 23.0 Å². The van der Waals surface area contributed by atoms with E-state index in [0.29, 0.717) is 35.1 Å². The second-order valence-electron chi connectivity index (χ2n) is 10.3. The van der Waals surface area contributed by atoms with Gasteiger partial charge in [-0.3, -0.25) is 20.2 Å². The third-order valence-electron chi connectivity index (χ3n) is 7.33. The maximum atomic E-state index is 10.8. The van der Waals surface area contributed by atoms with Crippen molar-refractivity contribution in [2.75, 3.05) is 0 Å². The van der Waals surface area contributed by atoms with Crippen molar-refractivity contribution in [3.8, 4) is 23.0 Å². The molecule has 10 nitrogen and oxygen atoms in total. The Morgan fingerprint density at radius 1 is 0.524 bits per heavy atom. The molecular weight excluding hydrogens is 536 g/mol. The fourth-order valence-electron chi connectivity index (χ4n) is 4.92. The van der Waals surface area contributed by atoms with E-state index in [1.54, 1.807) is 24.3 Å². The van der Waals surface area contributed by atoms with Crippen LogP contribution in [0.1, 0.15) is 36.8 Å². The minimum atomic E-state index is -0.430. The Morgan fingerprint density at radius 2 is 0.810 bits per heavy atom. The lowest BCUT2D eigenvalue weighted by Gasteiger charge is -2.30. The Kier molecular flexibility index (Phi) is 9.37. The Hall–Kier alpha value is -4.80. The van der Waals surface area contributed by atoms with Gasteiger partial charge < -0.3 is 20.1 Å². The van der Waals surface area contributed by atoms with Crippen molar-refractivity contribution in [2.24, 2.45) is 0 Å². The molecule has 4 aromatic rings. The van der Waals surface area contributed by atoms with Crippen LogP contribution in [0, 0.1) is 20.2 Å². The summed E-state index contributed by atoms with van der Waals surface area (Å²) in [5.74, 6) is 2.49. The topological polar surface area (TPSA) is 129 Å². The molecule has 10 heteroatoms. The van der Waals surface area contributed by atoms with Gasteiger partial charge in [0.2, 0.25) is 0 Å². The first-order chi connectivity index (χ1) is 20.4. The molecule has 0 saturated heterocycles. The standard InChI is InChI=1S/C32H32N4O6/c37-35(38)27-9-17-31(18-10-27)41-29-13-1-23(2-14-29)21-33-25-5-7-26(8-6-25)34-22-24-3-15-30(16-4-24)42-32-19-11-28(12-20-32)36(39)40/h1-4,9-20,25-26,33-34H,5-8,21-22H2/t25-,26-. The van der Waals surface area contributed by atoms with Crippen molar-refractivity contribution in [3.05, 3.63) is 128 Å². The number of non-ortho nitro benzene ring substituents is 2. The van der Waals surface area contributed by atoms with Gasteiger partial charge in [-0.25, -0.2) is 0 Å². The summed E-state index contributed by atoms with van der Waals surface area (Å²) in [4.78, 5) is 20.7. The molecule has 216 valence electrons. The van der Waals surface area contributed by atoms with E-state index in [1.165, 1.54) is 35.4 Å². The van der Waals surface area contributed by atoms with Gasteiger partial charge in [0.05, 0.1) is 9.85 Å². The molecule has 42 heavy (non-hydrogen) atoms. The Morgan fingerprint density at radius 3 is 1.10 bits per heavy atom. The molecule has 5 rings (SSSR count). The first kappa shape index (κ1) is 28.7. The van der Waals surface area contributed by atoms with Crippen LogP contribution in [0.2, 0.25) is 0 Å². The number of hydrogen-bond donors (Lipinski definition) is 2. The largest absolute Gasteiger partial charge is 0.457 e. The minimum Gasteiger partial charge on any atom is -0.457 e. The normalized spacial score (nSPS) is 16.5. The van der Waals surface area contributed by atoms with Crippen LogP contribution in [-0.4, -0.2) is 21.9 Å². The predicted octanol–water partition coefficient (Wildman–Crippen LogP) is 7.28. The second-order valence-corrected chi connectivity index (χ2v) is 10.3. The van der Waals surface area contributed by atoms with E-state index in [4.69, 9.17) is 9.47 Å². The summed E-state index contributed by atoms with van der Waals surface area (Å²) in [5, 5.41) is 28.9. The average molecular weight is 569 g/mol. The molecule has 0 heterocycles. The molecule has 1 aliphatic carbocycles. The highest BCUT2D eigenvalue weighted by Crippen LogP contribution is 2.26. The van der Waals surface area contributed by atoms with E-state index in [-0.39, 0.29) is 11.4 Å². The highest BCUT2D eigenvalue weighted by Gasteiger charge is 2.20. The van der Waals surface area contributed by atoms with Gasteiger partial charge in [0.1, 0.15) is 23.0 Å². The molecule has 0 bridgehead atoms. The van der Waals surface area contributed by atoms with Crippen molar-refractivity contribution < 1.29 is 19.3 Å². The number of nitro benzene ring substituents is 2. The molecule has 1 aliphatic rings. The van der Waals surface area contributed by atoms with Crippen LogP contribution >= 0.6 is 0 Å². The molecule has 0 unspecified atom stereocenters. The third-order valence-corrected chi connectivity index (χ3v) is 7.33. The van der Waals surface area contributed by atoms with Crippen LogP contribution in [0.15, 0.2) is 97.1 Å². The number of ether oxygens (including phenoxy) is 2. The first-order valence-corrected chi connectivity index (χ1v) is 13.9. The molecule has 0 aliphatic heterocycles. The smallest absolute Gasteiger partial charge is 0.269 e. The summed E-state index contributed by atoms with van der Waals surface area (Å²) < 4.78 is 11.6. The van der Waals surface area contributed by atoms with Crippen LogP contribution in [0.4, 0.5) is 11.4 Å². The molecular formula is C32H32N4O6. The zero-order chi connectivity index (χ0) is 29.3. The summed E-state index contributed by atoms with van der Waals surface area (Å²) in [7, 11) is 0. The van der Waals surface area contributed by atoms with Gasteiger partial charge in [-0.05, 0) is 85.3 Å². The monoisotopic (exact) mass is 568 g/mol. The summed E-state index contributed by atoms with van der Waals surface area (Å²) in [6.45, 7) is 1.57. The molecule has 0 atom stereocenters. The maximum Gasteiger partial charge on any atom is 0.269 e. The lowest BCUT2D eigenvalue weighted by atomic mass is 9.91. The van der Waals surface area contributed by atoms with E-state index >= 15 is 0 Å². The van der Waals surface area contributed by atoms with Crippen molar-refractivity contribution >= 4 is 11.4 Å². The van der Waals surface area contributed by atoms with Gasteiger partial charge >= 0.3 is 0 Å². The molecule has 2 N–H and O–H groups in total. The van der Waals surface area contributed by atoms with Crippen molar-refractivity contribution in [1.82, 2.24) is 10.6 Å². The Labute approximate surface area is 243 Å². The zero-order valence-electron chi connectivity index (χ0n) is 23.0. The second kappa shape index (κ2) is 13.7. The summed E-state index contributed by atoms with van der Waals surface area (Å²) >= 11 is 0. The van der Waals surface area contributed by atoms with Crippen LogP contribution < -0.4 is 20.1 Å². The quantitative estimate of drug-likeness (QED) is 0.135. The van der Waals surface area contributed by atoms with Gasteiger partial charge in [0.15, 0.2) is 0 Å². The van der Waals surface area contributed by atoms with Gasteiger partial charge in [-0.15, -0.1) is 0 Å². The summed E-state index contributed by atoms with van der Waals surface area (Å²) in [5.41, 5.74) is 2.42.